The topological polar surface area (TPSA) is 162 Å². The first-order valence-electron chi connectivity index (χ1n) is 22.7. The smallest absolute Gasteiger partial charge is 0.226 e. The van der Waals surface area contributed by atoms with Crippen LogP contribution in [0.2, 0.25) is 0 Å². The van der Waals surface area contributed by atoms with Gasteiger partial charge in [0.1, 0.15) is 35.3 Å². The molecular formula is C53H52F2N10O4. The number of hydrogen-bond donors (Lipinski definition) is 3. The Morgan fingerprint density at radius 2 is 1.06 bits per heavy atom. The molecule has 10 rings (SSSR count). The zero-order chi connectivity index (χ0) is 48.6. The Balaban J connectivity index is 0.000000172. The van der Waals surface area contributed by atoms with E-state index in [4.69, 9.17) is 0 Å². The van der Waals surface area contributed by atoms with Crippen LogP contribution < -0.4 is 20.4 Å². The van der Waals surface area contributed by atoms with Gasteiger partial charge in [0.05, 0.1) is 23.0 Å². The summed E-state index contributed by atoms with van der Waals surface area (Å²) in [6.45, 7) is 11.9. The number of halogens is 2. The molecule has 4 aromatic carbocycles. The number of anilines is 2. The lowest BCUT2D eigenvalue weighted by atomic mass is 9.94. The van der Waals surface area contributed by atoms with Gasteiger partial charge in [-0.05, 0) is 93.3 Å². The number of Topliss-reactive ketones (excluding diaryl/α,β-unsaturated/α-hetero) is 1. The number of amides is 2. The number of nitrogens with one attached hydrogen (secondary N) is 2. The van der Waals surface area contributed by atoms with Gasteiger partial charge in [0.2, 0.25) is 11.8 Å². The Morgan fingerprint density at radius 1 is 0.623 bits per heavy atom. The molecule has 352 valence electrons. The van der Waals surface area contributed by atoms with E-state index in [0.29, 0.717) is 39.3 Å². The minimum Gasteiger partial charge on any atom is -0.386 e. The molecule has 2 aliphatic rings. The van der Waals surface area contributed by atoms with Crippen molar-refractivity contribution in [2.45, 2.75) is 53.3 Å². The Bertz CT molecular complexity index is 3210. The lowest BCUT2D eigenvalue weighted by molar-refractivity contribution is -0.126. The van der Waals surface area contributed by atoms with Crippen molar-refractivity contribution < 1.29 is 28.3 Å². The number of aromatic nitrogens is 6. The fraction of sp³-hybridized carbons (Fsp3) is 0.264. The molecule has 0 unspecified atom stereocenters. The molecule has 0 atom stereocenters. The Hall–Kier alpha value is -7.85. The number of carbonyl (C=O) groups excluding carboxylic acids is 3. The van der Waals surface area contributed by atoms with Crippen molar-refractivity contribution in [3.63, 3.8) is 0 Å². The molecule has 0 spiro atoms. The van der Waals surface area contributed by atoms with Gasteiger partial charge in [0.15, 0.2) is 17.4 Å². The minimum absolute atomic E-state index is 0.0287. The van der Waals surface area contributed by atoms with E-state index in [9.17, 15) is 28.3 Å². The van der Waals surface area contributed by atoms with Crippen LogP contribution in [0.5, 0.6) is 0 Å². The minimum atomic E-state index is -1.29. The normalized spacial score (nSPS) is 14.0. The fourth-order valence-corrected chi connectivity index (χ4v) is 8.50. The lowest BCUT2D eigenvalue weighted by Gasteiger charge is -2.39. The highest BCUT2D eigenvalue weighted by Crippen LogP contribution is 2.34. The number of fused-ring (bicyclic) bond motifs is 2. The monoisotopic (exact) mass is 930 g/mol. The largest absolute Gasteiger partial charge is 0.386 e. The number of benzene rings is 4. The lowest BCUT2D eigenvalue weighted by Crippen LogP contribution is -2.54. The number of aliphatic hydroxyl groups is 1. The maximum Gasteiger partial charge on any atom is 0.226 e. The van der Waals surface area contributed by atoms with E-state index in [2.05, 4.69) is 35.7 Å². The summed E-state index contributed by atoms with van der Waals surface area (Å²) in [7, 11) is 0. The molecule has 2 aliphatic heterocycles. The summed E-state index contributed by atoms with van der Waals surface area (Å²) in [6.07, 6.45) is 6.64. The van der Waals surface area contributed by atoms with Crippen LogP contribution in [0.3, 0.4) is 0 Å². The summed E-state index contributed by atoms with van der Waals surface area (Å²) >= 11 is 0. The Labute approximate surface area is 397 Å². The van der Waals surface area contributed by atoms with Crippen molar-refractivity contribution in [3.05, 3.63) is 167 Å². The first-order valence-corrected chi connectivity index (χ1v) is 22.7. The molecule has 2 amide bonds. The molecule has 16 heteroatoms. The average molecular weight is 931 g/mol. The van der Waals surface area contributed by atoms with E-state index >= 15 is 0 Å². The van der Waals surface area contributed by atoms with E-state index in [0.717, 1.165) is 56.0 Å². The Morgan fingerprint density at radius 3 is 1.49 bits per heavy atom. The first kappa shape index (κ1) is 46.3. The molecule has 0 radical (unpaired) electrons. The molecule has 4 aromatic heterocycles. The maximum absolute atomic E-state index is 14.3. The van der Waals surface area contributed by atoms with Crippen LogP contribution >= 0.6 is 0 Å². The van der Waals surface area contributed by atoms with Crippen LogP contribution in [0, 0.1) is 37.3 Å². The first-order chi connectivity index (χ1) is 33.1. The summed E-state index contributed by atoms with van der Waals surface area (Å²) in [5, 5.41) is 25.0. The average Bonchev–Trinajstić information content (AvgIpc) is 3.94. The molecule has 0 bridgehead atoms. The predicted octanol–water partition coefficient (Wildman–Crippen LogP) is 7.62. The highest BCUT2D eigenvalue weighted by atomic mass is 19.1. The second-order valence-electron chi connectivity index (χ2n) is 18.4. The molecule has 3 N–H and O–H groups in total. The van der Waals surface area contributed by atoms with Crippen LogP contribution in [-0.4, -0.2) is 78.1 Å². The zero-order valence-corrected chi connectivity index (χ0v) is 38.9. The van der Waals surface area contributed by atoms with Crippen molar-refractivity contribution in [1.29, 1.82) is 0 Å². The van der Waals surface area contributed by atoms with Crippen LogP contribution in [0.15, 0.2) is 122 Å². The summed E-state index contributed by atoms with van der Waals surface area (Å²) in [5.74, 6) is 0.0359. The molecule has 14 nitrogen and oxygen atoms in total. The van der Waals surface area contributed by atoms with Crippen LogP contribution in [0.4, 0.5) is 20.4 Å². The molecule has 0 aliphatic carbocycles. The highest BCUT2D eigenvalue weighted by molar-refractivity contribution is 5.96. The van der Waals surface area contributed by atoms with Crippen LogP contribution in [0.1, 0.15) is 58.9 Å². The predicted molar refractivity (Wildman–Crippen MR) is 259 cm³/mol. The number of nitrogens with zero attached hydrogens (tertiary/aromatic N) is 8. The third-order valence-electron chi connectivity index (χ3n) is 12.7. The van der Waals surface area contributed by atoms with Gasteiger partial charge >= 0.3 is 0 Å². The number of carbonyl (C=O) groups is 3. The number of rotatable bonds is 12. The zero-order valence-electron chi connectivity index (χ0n) is 38.9. The van der Waals surface area contributed by atoms with E-state index < -0.39 is 17.2 Å². The summed E-state index contributed by atoms with van der Waals surface area (Å²) in [5.41, 5.74) is 8.24. The number of aryl methyl sites for hydroxylation is 2. The molecule has 6 heterocycles. The van der Waals surface area contributed by atoms with Gasteiger partial charge in [-0.2, -0.15) is 10.2 Å². The van der Waals surface area contributed by atoms with Crippen LogP contribution in [0.25, 0.3) is 33.3 Å². The maximum atomic E-state index is 14.3. The van der Waals surface area contributed by atoms with Gasteiger partial charge < -0.3 is 25.5 Å². The van der Waals surface area contributed by atoms with E-state index in [1.54, 1.807) is 47.1 Å². The third-order valence-corrected chi connectivity index (χ3v) is 12.7. The van der Waals surface area contributed by atoms with Crippen molar-refractivity contribution in [1.82, 2.24) is 39.8 Å². The van der Waals surface area contributed by atoms with E-state index in [-0.39, 0.29) is 40.6 Å². The van der Waals surface area contributed by atoms with Gasteiger partial charge in [-0.1, -0.05) is 71.8 Å². The van der Waals surface area contributed by atoms with Crippen molar-refractivity contribution in [3.8, 4) is 22.3 Å². The highest BCUT2D eigenvalue weighted by Gasteiger charge is 2.36. The van der Waals surface area contributed by atoms with Crippen molar-refractivity contribution in [2.75, 3.05) is 36.0 Å². The molecule has 0 saturated carbocycles. The van der Waals surface area contributed by atoms with Gasteiger partial charge in [0.25, 0.3) is 0 Å². The SMILES string of the molecule is CC(=O)c1cc(-c2cc3c(N4CC(C(=O)NCc5ccc(C)cc5)C4)ncnn3c2)ccc1F.Cc1ccc(CNC(=O)C2CN(c3ncnn4cc(-c5ccc(F)c(C(C)(C)O)c5)cc34)C2)cc1. The van der Waals surface area contributed by atoms with Gasteiger partial charge in [-0.25, -0.2) is 27.8 Å². The fourth-order valence-electron chi connectivity index (χ4n) is 8.50. The number of ketones is 1. The summed E-state index contributed by atoms with van der Waals surface area (Å²) in [6, 6.07) is 29.3. The van der Waals surface area contributed by atoms with Gasteiger partial charge in [0, 0.05) is 68.4 Å². The van der Waals surface area contributed by atoms with Gasteiger partial charge in [-0.3, -0.25) is 14.4 Å². The van der Waals surface area contributed by atoms with E-state index in [1.165, 1.54) is 42.8 Å². The molecule has 2 saturated heterocycles. The Kier molecular flexibility index (Phi) is 12.8. The molecular weight excluding hydrogens is 879 g/mol. The second-order valence-corrected chi connectivity index (χ2v) is 18.4. The third kappa shape index (κ3) is 10.1. The van der Waals surface area contributed by atoms with E-state index in [1.807, 2.05) is 91.8 Å². The molecule has 8 aromatic rings. The molecule has 2 fully saturated rings. The summed E-state index contributed by atoms with van der Waals surface area (Å²) < 4.78 is 31.6. The number of hydrogen-bond acceptors (Lipinski definition) is 10. The molecule has 69 heavy (non-hydrogen) atoms. The second kappa shape index (κ2) is 19.0. The quantitative estimate of drug-likeness (QED) is 0.104. The van der Waals surface area contributed by atoms with Crippen molar-refractivity contribution in [2.24, 2.45) is 11.8 Å². The summed E-state index contributed by atoms with van der Waals surface area (Å²) in [4.78, 5) is 49.9. The van der Waals surface area contributed by atoms with Gasteiger partial charge in [-0.15, -0.1) is 0 Å². The van der Waals surface area contributed by atoms with Crippen LogP contribution in [-0.2, 0) is 28.3 Å². The standard InChI is InChI=1S/C27H28FN5O2.C26H24FN5O2/c1-17-4-6-18(7-5-17)12-29-26(34)21-13-32(14-21)25-24-11-20(15-33(24)31-16-30-25)19-8-9-23(28)22(10-19)27(2,3)35;1-16-3-5-18(6-4-16)11-28-26(34)21-12-31(13-21)25-24-10-20(14-32(24)30-15-29-25)19-7-8-23(27)22(9-19)17(2)33/h4-11,15-16,21,35H,12-14H2,1-3H3,(H,29,34);3-10,14-15,21H,11-13H2,1-2H3,(H,28,34). The van der Waals surface area contributed by atoms with Crippen molar-refractivity contribution >= 4 is 40.3 Å².